The van der Waals surface area contributed by atoms with Crippen molar-refractivity contribution in [2.24, 2.45) is 0 Å². The summed E-state index contributed by atoms with van der Waals surface area (Å²) in [5, 5.41) is 10.0. The number of carbonyl (C=O) groups excluding carboxylic acids is 1. The molecule has 33 heavy (non-hydrogen) atoms. The van der Waals surface area contributed by atoms with Crippen LogP contribution in [-0.2, 0) is 6.42 Å². The Morgan fingerprint density at radius 3 is 2.55 bits per heavy atom. The Balaban J connectivity index is 1.80. The van der Waals surface area contributed by atoms with E-state index in [0.29, 0.717) is 39.6 Å². The number of aryl methyl sites for hydroxylation is 2. The fourth-order valence-electron chi connectivity index (χ4n) is 4.11. The van der Waals surface area contributed by atoms with Crippen LogP contribution < -0.4 is 19.8 Å². The SMILES string of the molecule is CCc1nnc(N2C(=O)c3oc4ccc(C)cc4c(=O)c3C2c2ccc(OC)c(OC)c2)s1. The lowest BCUT2D eigenvalue weighted by Crippen LogP contribution is -2.29. The topological polar surface area (TPSA) is 94.8 Å². The molecular weight excluding hydrogens is 442 g/mol. The van der Waals surface area contributed by atoms with Gasteiger partial charge in [0.25, 0.3) is 5.91 Å². The van der Waals surface area contributed by atoms with Crippen LogP contribution in [-0.4, -0.2) is 30.3 Å². The number of anilines is 1. The third-order valence-electron chi connectivity index (χ3n) is 5.71. The van der Waals surface area contributed by atoms with Crippen LogP contribution in [0.15, 0.2) is 45.6 Å². The van der Waals surface area contributed by atoms with E-state index in [1.165, 1.54) is 23.3 Å². The van der Waals surface area contributed by atoms with Gasteiger partial charge in [-0.05, 0) is 43.2 Å². The zero-order chi connectivity index (χ0) is 23.3. The molecule has 0 N–H and O–H groups in total. The third-order valence-corrected chi connectivity index (χ3v) is 6.78. The summed E-state index contributed by atoms with van der Waals surface area (Å²) in [4.78, 5) is 28.8. The monoisotopic (exact) mass is 463 g/mol. The Hall–Kier alpha value is -3.72. The summed E-state index contributed by atoms with van der Waals surface area (Å²) in [7, 11) is 3.09. The highest BCUT2D eigenvalue weighted by atomic mass is 32.1. The van der Waals surface area contributed by atoms with Gasteiger partial charge >= 0.3 is 0 Å². The highest BCUT2D eigenvalue weighted by Crippen LogP contribution is 2.44. The first kappa shape index (κ1) is 21.1. The zero-order valence-electron chi connectivity index (χ0n) is 18.5. The number of hydrogen-bond donors (Lipinski definition) is 0. The molecule has 0 spiro atoms. The van der Waals surface area contributed by atoms with E-state index in [1.54, 1.807) is 31.4 Å². The maximum absolute atomic E-state index is 13.7. The van der Waals surface area contributed by atoms with Gasteiger partial charge in [-0.3, -0.25) is 14.5 Å². The van der Waals surface area contributed by atoms with Gasteiger partial charge in [0, 0.05) is 0 Å². The third kappa shape index (κ3) is 3.27. The van der Waals surface area contributed by atoms with Crippen molar-refractivity contribution in [1.82, 2.24) is 10.2 Å². The van der Waals surface area contributed by atoms with Crippen molar-refractivity contribution < 1.29 is 18.7 Å². The van der Waals surface area contributed by atoms with Gasteiger partial charge in [-0.1, -0.05) is 36.0 Å². The molecule has 0 bridgehead atoms. The molecule has 4 aromatic rings. The van der Waals surface area contributed by atoms with Crippen LogP contribution >= 0.6 is 11.3 Å². The van der Waals surface area contributed by atoms with E-state index in [2.05, 4.69) is 10.2 Å². The second kappa shape index (κ2) is 8.00. The van der Waals surface area contributed by atoms with Gasteiger partial charge < -0.3 is 13.9 Å². The Morgan fingerprint density at radius 2 is 1.85 bits per heavy atom. The molecule has 168 valence electrons. The second-order valence-corrected chi connectivity index (χ2v) is 8.74. The summed E-state index contributed by atoms with van der Waals surface area (Å²) in [6.45, 7) is 3.87. The number of benzene rings is 2. The summed E-state index contributed by atoms with van der Waals surface area (Å²) >= 11 is 1.32. The normalized spacial score (nSPS) is 15.2. The Bertz CT molecular complexity index is 1460. The van der Waals surface area contributed by atoms with E-state index in [0.717, 1.165) is 10.6 Å². The molecule has 0 fully saturated rings. The summed E-state index contributed by atoms with van der Waals surface area (Å²) in [6, 6.07) is 9.92. The number of carbonyl (C=O) groups is 1. The molecule has 1 aliphatic heterocycles. The van der Waals surface area contributed by atoms with Crippen molar-refractivity contribution in [3.05, 3.63) is 74.1 Å². The van der Waals surface area contributed by atoms with Crippen LogP contribution in [0.2, 0.25) is 0 Å². The zero-order valence-corrected chi connectivity index (χ0v) is 19.4. The molecule has 0 aliphatic carbocycles. The first-order chi connectivity index (χ1) is 16.0. The van der Waals surface area contributed by atoms with Crippen molar-refractivity contribution in [3.8, 4) is 11.5 Å². The lowest BCUT2D eigenvalue weighted by atomic mass is 9.98. The average molecular weight is 464 g/mol. The van der Waals surface area contributed by atoms with E-state index >= 15 is 0 Å². The van der Waals surface area contributed by atoms with Crippen LogP contribution in [0, 0.1) is 6.92 Å². The molecule has 3 heterocycles. The fourth-order valence-corrected chi connectivity index (χ4v) is 4.91. The summed E-state index contributed by atoms with van der Waals surface area (Å²) in [5.41, 5.74) is 2.00. The highest BCUT2D eigenvalue weighted by molar-refractivity contribution is 7.15. The summed E-state index contributed by atoms with van der Waals surface area (Å²) in [6.07, 6.45) is 0.689. The van der Waals surface area contributed by atoms with E-state index in [1.807, 2.05) is 26.0 Å². The highest BCUT2D eigenvalue weighted by Gasteiger charge is 2.45. The van der Waals surface area contributed by atoms with E-state index in [9.17, 15) is 9.59 Å². The summed E-state index contributed by atoms with van der Waals surface area (Å²) < 4.78 is 16.8. The van der Waals surface area contributed by atoms with Gasteiger partial charge in [-0.15, -0.1) is 10.2 Å². The number of nitrogens with zero attached hydrogens (tertiary/aromatic N) is 3. The van der Waals surface area contributed by atoms with Gasteiger partial charge in [-0.25, -0.2) is 0 Å². The minimum Gasteiger partial charge on any atom is -0.493 e. The van der Waals surface area contributed by atoms with Gasteiger partial charge in [0.1, 0.15) is 10.6 Å². The van der Waals surface area contributed by atoms with E-state index in [4.69, 9.17) is 13.9 Å². The number of rotatable bonds is 5. The molecule has 0 radical (unpaired) electrons. The van der Waals surface area contributed by atoms with E-state index in [-0.39, 0.29) is 16.8 Å². The number of ether oxygens (including phenoxy) is 2. The summed E-state index contributed by atoms with van der Waals surface area (Å²) in [5.74, 6) is 0.624. The Morgan fingerprint density at radius 1 is 1.06 bits per heavy atom. The molecule has 0 saturated carbocycles. The molecule has 0 saturated heterocycles. The van der Waals surface area contributed by atoms with Crippen LogP contribution in [0.1, 0.15) is 45.2 Å². The molecule has 8 nitrogen and oxygen atoms in total. The van der Waals surface area contributed by atoms with Crippen molar-refractivity contribution in [2.45, 2.75) is 26.3 Å². The van der Waals surface area contributed by atoms with Crippen LogP contribution in [0.25, 0.3) is 11.0 Å². The lowest BCUT2D eigenvalue weighted by Gasteiger charge is -2.23. The second-order valence-electron chi connectivity index (χ2n) is 7.70. The fraction of sp³-hybridized carbons (Fsp3) is 0.250. The predicted molar refractivity (Wildman–Crippen MR) is 125 cm³/mol. The van der Waals surface area contributed by atoms with Crippen molar-refractivity contribution in [2.75, 3.05) is 19.1 Å². The maximum Gasteiger partial charge on any atom is 0.297 e. The first-order valence-corrected chi connectivity index (χ1v) is 11.2. The molecule has 5 rings (SSSR count). The average Bonchev–Trinajstić information content (AvgIpc) is 3.41. The smallest absolute Gasteiger partial charge is 0.297 e. The van der Waals surface area contributed by atoms with Crippen LogP contribution in [0.5, 0.6) is 11.5 Å². The Labute approximate surface area is 193 Å². The number of amides is 1. The molecule has 1 atom stereocenters. The molecule has 1 unspecified atom stereocenters. The molecule has 9 heteroatoms. The predicted octanol–water partition coefficient (Wildman–Crippen LogP) is 4.28. The molecule has 1 aliphatic rings. The van der Waals surface area contributed by atoms with Gasteiger partial charge in [-0.2, -0.15) is 0 Å². The van der Waals surface area contributed by atoms with Gasteiger partial charge in [0.15, 0.2) is 16.9 Å². The molecule has 2 aromatic heterocycles. The molecule has 1 amide bonds. The largest absolute Gasteiger partial charge is 0.493 e. The number of aromatic nitrogens is 2. The van der Waals surface area contributed by atoms with Crippen LogP contribution in [0.3, 0.4) is 0 Å². The Kier molecular flexibility index (Phi) is 5.13. The van der Waals surface area contributed by atoms with Crippen molar-refractivity contribution in [3.63, 3.8) is 0 Å². The van der Waals surface area contributed by atoms with E-state index < -0.39 is 11.9 Å². The number of hydrogen-bond acceptors (Lipinski definition) is 8. The van der Waals surface area contributed by atoms with Crippen molar-refractivity contribution in [1.29, 1.82) is 0 Å². The maximum atomic E-state index is 13.7. The van der Waals surface area contributed by atoms with Gasteiger partial charge in [0.05, 0.1) is 31.2 Å². The van der Waals surface area contributed by atoms with Crippen molar-refractivity contribution >= 4 is 33.3 Å². The molecule has 2 aromatic carbocycles. The van der Waals surface area contributed by atoms with Gasteiger partial charge in [0.2, 0.25) is 10.9 Å². The number of fused-ring (bicyclic) bond motifs is 2. The van der Waals surface area contributed by atoms with Crippen LogP contribution in [0.4, 0.5) is 5.13 Å². The number of methoxy groups -OCH3 is 2. The lowest BCUT2D eigenvalue weighted by molar-refractivity contribution is 0.0970. The standard InChI is InChI=1S/C24H21N3O5S/c1-5-18-25-26-24(33-18)27-20(13-7-9-16(30-3)17(11-13)31-4)19-21(28)14-10-12(2)6-8-15(14)32-22(19)23(27)29/h6-11,20H,5H2,1-4H3. The molecular formula is C24H21N3O5S. The quantitative estimate of drug-likeness (QED) is 0.436. The minimum absolute atomic E-state index is 0.0180. The first-order valence-electron chi connectivity index (χ1n) is 10.4. The minimum atomic E-state index is -0.744.